The summed E-state index contributed by atoms with van der Waals surface area (Å²) in [5, 5.41) is 3.78. The molecule has 3 aromatic rings. The molecule has 2 atom stereocenters. The SMILES string of the molecule is COc1ccnc(C(=O)N[C@@H](C)C(=O)OC2CCC2(c2ccc(Cl)cc2)c2ccc(Cl)cc2)c1OC(C)=O. The second-order valence-electron chi connectivity index (χ2n) is 8.93. The van der Waals surface area contributed by atoms with E-state index in [-0.39, 0.29) is 17.2 Å². The highest BCUT2D eigenvalue weighted by Crippen LogP contribution is 2.51. The quantitative estimate of drug-likeness (QED) is 0.383. The third-order valence-electron chi connectivity index (χ3n) is 6.58. The molecule has 1 aliphatic carbocycles. The van der Waals surface area contributed by atoms with E-state index in [1.807, 2.05) is 24.3 Å². The van der Waals surface area contributed by atoms with E-state index >= 15 is 0 Å². The average Bonchev–Trinajstić information content (AvgIpc) is 2.88. The van der Waals surface area contributed by atoms with Gasteiger partial charge in [0.05, 0.1) is 12.5 Å². The number of nitrogens with one attached hydrogen (secondary N) is 1. The number of esters is 2. The van der Waals surface area contributed by atoms with Gasteiger partial charge in [-0.2, -0.15) is 0 Å². The molecule has 1 unspecified atom stereocenters. The van der Waals surface area contributed by atoms with Crippen molar-refractivity contribution in [2.24, 2.45) is 0 Å². The Kier molecular flexibility index (Phi) is 8.23. The van der Waals surface area contributed by atoms with Crippen LogP contribution in [0, 0.1) is 0 Å². The van der Waals surface area contributed by atoms with Crippen LogP contribution in [-0.2, 0) is 19.7 Å². The van der Waals surface area contributed by atoms with Crippen molar-refractivity contribution in [2.75, 3.05) is 7.11 Å². The fourth-order valence-corrected chi connectivity index (χ4v) is 4.85. The minimum absolute atomic E-state index is 0.135. The number of aromatic nitrogens is 1. The van der Waals surface area contributed by atoms with Crippen molar-refractivity contribution in [1.29, 1.82) is 0 Å². The molecule has 0 radical (unpaired) electrons. The number of carbonyl (C=O) groups is 3. The van der Waals surface area contributed by atoms with E-state index in [0.717, 1.165) is 17.5 Å². The Morgan fingerprint density at radius 2 is 1.58 bits per heavy atom. The number of carbonyl (C=O) groups excluding carboxylic acids is 3. The van der Waals surface area contributed by atoms with Crippen LogP contribution in [-0.4, -0.2) is 42.1 Å². The van der Waals surface area contributed by atoms with E-state index in [0.29, 0.717) is 16.5 Å². The second kappa shape index (κ2) is 11.4. The van der Waals surface area contributed by atoms with E-state index in [1.54, 1.807) is 24.3 Å². The number of nitrogens with zero attached hydrogens (tertiary/aromatic N) is 1. The third-order valence-corrected chi connectivity index (χ3v) is 7.08. The summed E-state index contributed by atoms with van der Waals surface area (Å²) in [5.41, 5.74) is 1.12. The molecule has 0 spiro atoms. The molecule has 1 saturated carbocycles. The van der Waals surface area contributed by atoms with E-state index < -0.39 is 35.4 Å². The Morgan fingerprint density at radius 3 is 2.05 bits per heavy atom. The number of hydrogen-bond donors (Lipinski definition) is 1. The van der Waals surface area contributed by atoms with Crippen LogP contribution >= 0.6 is 23.2 Å². The fourth-order valence-electron chi connectivity index (χ4n) is 4.59. The Morgan fingerprint density at radius 1 is 1.00 bits per heavy atom. The fraction of sp³-hybridized carbons (Fsp3) is 0.286. The molecule has 1 aliphatic rings. The van der Waals surface area contributed by atoms with Crippen molar-refractivity contribution in [2.45, 2.75) is 44.2 Å². The molecule has 1 fully saturated rings. The number of pyridine rings is 1. The van der Waals surface area contributed by atoms with Gasteiger partial charge in [0, 0.05) is 29.2 Å². The smallest absolute Gasteiger partial charge is 0.328 e. The van der Waals surface area contributed by atoms with Crippen LogP contribution in [0.3, 0.4) is 0 Å². The van der Waals surface area contributed by atoms with Gasteiger partial charge in [-0.25, -0.2) is 9.78 Å². The maximum atomic E-state index is 13.1. The molecule has 198 valence electrons. The lowest BCUT2D eigenvalue weighted by Gasteiger charge is -2.49. The van der Waals surface area contributed by atoms with Gasteiger partial charge in [0.25, 0.3) is 5.91 Å². The summed E-state index contributed by atoms with van der Waals surface area (Å²) in [6.45, 7) is 2.71. The highest BCUT2D eigenvalue weighted by Gasteiger charge is 2.52. The van der Waals surface area contributed by atoms with E-state index in [1.165, 1.54) is 33.2 Å². The number of rotatable bonds is 8. The second-order valence-corrected chi connectivity index (χ2v) is 9.80. The van der Waals surface area contributed by atoms with Crippen LogP contribution in [0.5, 0.6) is 11.5 Å². The van der Waals surface area contributed by atoms with Crippen LogP contribution in [0.15, 0.2) is 60.8 Å². The summed E-state index contributed by atoms with van der Waals surface area (Å²) in [6, 6.07) is 15.3. The van der Waals surface area contributed by atoms with Gasteiger partial charge in [0.2, 0.25) is 5.75 Å². The lowest BCUT2D eigenvalue weighted by Crippen LogP contribution is -2.53. The first-order valence-corrected chi connectivity index (χ1v) is 12.7. The summed E-state index contributed by atoms with van der Waals surface area (Å²) in [5.74, 6) is -1.97. The molecule has 4 rings (SSSR count). The van der Waals surface area contributed by atoms with Crippen molar-refractivity contribution in [1.82, 2.24) is 10.3 Å². The molecule has 1 amide bonds. The van der Waals surface area contributed by atoms with Gasteiger partial charge in [0.15, 0.2) is 11.4 Å². The number of halogens is 2. The van der Waals surface area contributed by atoms with Gasteiger partial charge in [-0.1, -0.05) is 47.5 Å². The maximum absolute atomic E-state index is 13.1. The van der Waals surface area contributed by atoms with Crippen LogP contribution in [0.2, 0.25) is 10.0 Å². The van der Waals surface area contributed by atoms with Gasteiger partial charge in [-0.3, -0.25) is 9.59 Å². The standard InChI is InChI=1S/C28H26Cl2N2O6/c1-16(32-26(34)24-25(37-17(2)33)22(36-3)13-15-31-24)27(35)38-23-12-14-28(23,18-4-8-20(29)9-5-18)19-6-10-21(30)11-7-19/h4-11,13,15-16,23H,12,14H2,1-3H3,(H,32,34)/t16-,23?/m0/s1. The van der Waals surface area contributed by atoms with Crippen molar-refractivity contribution >= 4 is 41.0 Å². The van der Waals surface area contributed by atoms with Crippen LogP contribution < -0.4 is 14.8 Å². The number of hydrogen-bond acceptors (Lipinski definition) is 7. The van der Waals surface area contributed by atoms with Crippen molar-refractivity contribution in [3.05, 3.63) is 87.7 Å². The van der Waals surface area contributed by atoms with Crippen molar-refractivity contribution in [3.63, 3.8) is 0 Å². The summed E-state index contributed by atoms with van der Waals surface area (Å²) in [4.78, 5) is 41.7. The predicted molar refractivity (Wildman–Crippen MR) is 142 cm³/mol. The molecule has 0 saturated heterocycles. The molecule has 1 N–H and O–H groups in total. The lowest BCUT2D eigenvalue weighted by atomic mass is 9.58. The molecule has 2 aromatic carbocycles. The molecule has 8 nitrogen and oxygen atoms in total. The Labute approximate surface area is 230 Å². The highest BCUT2D eigenvalue weighted by atomic mass is 35.5. The first kappa shape index (κ1) is 27.4. The highest BCUT2D eigenvalue weighted by molar-refractivity contribution is 6.30. The predicted octanol–water partition coefficient (Wildman–Crippen LogP) is 5.13. The van der Waals surface area contributed by atoms with Crippen LogP contribution in [0.1, 0.15) is 48.3 Å². The summed E-state index contributed by atoms with van der Waals surface area (Å²) in [6.07, 6.45) is 2.23. The summed E-state index contributed by atoms with van der Waals surface area (Å²) in [7, 11) is 1.37. The van der Waals surface area contributed by atoms with E-state index in [2.05, 4.69) is 10.3 Å². The molecule has 1 heterocycles. The zero-order chi connectivity index (χ0) is 27.4. The Hall–Kier alpha value is -3.62. The molecule has 0 bridgehead atoms. The monoisotopic (exact) mass is 556 g/mol. The normalized spacial score (nSPS) is 16.5. The molecule has 0 aliphatic heterocycles. The molecular formula is C28H26Cl2N2O6. The number of benzene rings is 2. The zero-order valence-corrected chi connectivity index (χ0v) is 22.5. The van der Waals surface area contributed by atoms with Crippen LogP contribution in [0.4, 0.5) is 0 Å². The molecule has 1 aromatic heterocycles. The number of amides is 1. The van der Waals surface area contributed by atoms with Gasteiger partial charge in [0.1, 0.15) is 12.1 Å². The van der Waals surface area contributed by atoms with E-state index in [9.17, 15) is 14.4 Å². The third kappa shape index (κ3) is 5.47. The minimum atomic E-state index is -1.02. The Bertz CT molecular complexity index is 1300. The Balaban J connectivity index is 1.54. The van der Waals surface area contributed by atoms with Gasteiger partial charge in [-0.05, 0) is 55.2 Å². The van der Waals surface area contributed by atoms with Gasteiger partial charge < -0.3 is 19.5 Å². The molecular weight excluding hydrogens is 531 g/mol. The van der Waals surface area contributed by atoms with Crippen molar-refractivity contribution in [3.8, 4) is 11.5 Å². The largest absolute Gasteiger partial charge is 0.493 e. The zero-order valence-electron chi connectivity index (χ0n) is 21.0. The maximum Gasteiger partial charge on any atom is 0.328 e. The van der Waals surface area contributed by atoms with Gasteiger partial charge >= 0.3 is 11.9 Å². The van der Waals surface area contributed by atoms with Crippen molar-refractivity contribution < 1.29 is 28.6 Å². The molecule has 10 heteroatoms. The van der Waals surface area contributed by atoms with Crippen LogP contribution in [0.25, 0.3) is 0 Å². The first-order chi connectivity index (χ1) is 18.1. The first-order valence-electron chi connectivity index (χ1n) is 11.9. The topological polar surface area (TPSA) is 104 Å². The average molecular weight is 557 g/mol. The number of ether oxygens (including phenoxy) is 3. The summed E-state index contributed by atoms with van der Waals surface area (Å²) >= 11 is 12.3. The summed E-state index contributed by atoms with van der Waals surface area (Å²) < 4.78 is 16.3. The minimum Gasteiger partial charge on any atom is -0.493 e. The lowest BCUT2D eigenvalue weighted by molar-refractivity contribution is -0.160. The molecule has 38 heavy (non-hydrogen) atoms. The van der Waals surface area contributed by atoms with Gasteiger partial charge in [-0.15, -0.1) is 0 Å². The van der Waals surface area contributed by atoms with E-state index in [4.69, 9.17) is 37.4 Å². The number of methoxy groups -OCH3 is 1.